The van der Waals surface area contributed by atoms with E-state index in [2.05, 4.69) is 4.98 Å². The molecule has 0 saturated carbocycles. The molecule has 0 unspecified atom stereocenters. The van der Waals surface area contributed by atoms with Crippen LogP contribution in [0.5, 0.6) is 0 Å². The molecule has 7 heteroatoms. The van der Waals surface area contributed by atoms with E-state index in [0.29, 0.717) is 32.4 Å². The topological polar surface area (TPSA) is 45.7 Å². The smallest absolute Gasteiger partial charge is 0.341 e. The zero-order valence-electron chi connectivity index (χ0n) is 17.1. The standard InChI is InChI=1S/C23H21Cl2N3O2/c1-27(2)14-7-9-17(19(24)12-14)23(18-10-8-15(28(3)4)13-20(18)25)21-16(22(29)30-23)6-5-11-26-21/h5-13H,1-4H3. The number of carbonyl (C=O) groups excluding carboxylic acids is 1. The summed E-state index contributed by atoms with van der Waals surface area (Å²) in [5.41, 5.74) is 2.63. The lowest BCUT2D eigenvalue weighted by Gasteiger charge is -2.31. The van der Waals surface area contributed by atoms with Gasteiger partial charge >= 0.3 is 5.97 Å². The van der Waals surface area contributed by atoms with E-state index in [1.54, 1.807) is 18.3 Å². The fourth-order valence-electron chi connectivity index (χ4n) is 3.74. The fourth-order valence-corrected chi connectivity index (χ4v) is 4.35. The van der Waals surface area contributed by atoms with E-state index in [0.717, 1.165) is 11.4 Å². The molecule has 0 spiro atoms. The minimum absolute atomic E-state index is 0.401. The summed E-state index contributed by atoms with van der Waals surface area (Å²) in [6.45, 7) is 0. The molecular weight excluding hydrogens is 421 g/mol. The van der Waals surface area contributed by atoms with E-state index in [1.807, 2.05) is 74.4 Å². The Morgan fingerprint density at radius 3 is 1.87 bits per heavy atom. The van der Waals surface area contributed by atoms with Gasteiger partial charge in [0.2, 0.25) is 5.60 Å². The highest BCUT2D eigenvalue weighted by Crippen LogP contribution is 2.50. The van der Waals surface area contributed by atoms with Gasteiger partial charge in [0.05, 0.1) is 15.6 Å². The molecule has 1 aliphatic heterocycles. The van der Waals surface area contributed by atoms with E-state index in [-0.39, 0.29) is 0 Å². The number of esters is 1. The summed E-state index contributed by atoms with van der Waals surface area (Å²) in [6, 6.07) is 14.7. The molecule has 0 fully saturated rings. The average molecular weight is 442 g/mol. The van der Waals surface area contributed by atoms with E-state index in [4.69, 9.17) is 27.9 Å². The summed E-state index contributed by atoms with van der Waals surface area (Å²) in [4.78, 5) is 21.3. The summed E-state index contributed by atoms with van der Waals surface area (Å²) in [7, 11) is 7.74. The van der Waals surface area contributed by atoms with Crippen LogP contribution in [0.3, 0.4) is 0 Å². The lowest BCUT2D eigenvalue weighted by atomic mass is 9.82. The first-order valence-corrected chi connectivity index (χ1v) is 10.1. The number of aromatic nitrogens is 1. The number of carbonyl (C=O) groups is 1. The van der Waals surface area contributed by atoms with Crippen LogP contribution in [0.25, 0.3) is 0 Å². The number of ether oxygens (including phenoxy) is 1. The molecule has 1 aliphatic rings. The molecule has 0 amide bonds. The first kappa shape index (κ1) is 20.5. The zero-order chi connectivity index (χ0) is 21.6. The maximum Gasteiger partial charge on any atom is 0.341 e. The molecule has 5 nitrogen and oxygen atoms in total. The highest BCUT2D eigenvalue weighted by atomic mass is 35.5. The van der Waals surface area contributed by atoms with E-state index >= 15 is 0 Å². The Morgan fingerprint density at radius 1 is 0.867 bits per heavy atom. The maximum atomic E-state index is 12.8. The van der Waals surface area contributed by atoms with Crippen LogP contribution in [-0.2, 0) is 10.3 Å². The monoisotopic (exact) mass is 441 g/mol. The van der Waals surface area contributed by atoms with Gasteiger partial charge < -0.3 is 14.5 Å². The highest BCUT2D eigenvalue weighted by molar-refractivity contribution is 6.33. The van der Waals surface area contributed by atoms with Crippen LogP contribution in [0.15, 0.2) is 54.7 Å². The number of benzene rings is 2. The van der Waals surface area contributed by atoms with Crippen molar-refractivity contribution in [2.24, 2.45) is 0 Å². The molecule has 30 heavy (non-hydrogen) atoms. The van der Waals surface area contributed by atoms with Crippen molar-refractivity contribution in [2.45, 2.75) is 5.60 Å². The van der Waals surface area contributed by atoms with Gasteiger partial charge in [-0.05, 0) is 36.4 Å². The van der Waals surface area contributed by atoms with Crippen molar-refractivity contribution in [3.63, 3.8) is 0 Å². The molecule has 4 rings (SSSR count). The summed E-state index contributed by atoms with van der Waals surface area (Å²) in [6.07, 6.45) is 1.64. The van der Waals surface area contributed by atoms with Gasteiger partial charge in [-0.15, -0.1) is 0 Å². The number of anilines is 2. The van der Waals surface area contributed by atoms with Gasteiger partial charge in [-0.1, -0.05) is 35.3 Å². The molecule has 1 aromatic heterocycles. The second-order valence-electron chi connectivity index (χ2n) is 7.59. The number of halogens is 2. The minimum atomic E-state index is -1.34. The van der Waals surface area contributed by atoms with Gasteiger partial charge in [0.25, 0.3) is 0 Å². The third kappa shape index (κ3) is 3.09. The molecule has 2 heterocycles. The Bertz CT molecular complexity index is 1090. The van der Waals surface area contributed by atoms with E-state index < -0.39 is 11.6 Å². The third-order valence-corrected chi connectivity index (χ3v) is 5.93. The van der Waals surface area contributed by atoms with Crippen molar-refractivity contribution >= 4 is 40.5 Å². The van der Waals surface area contributed by atoms with Crippen molar-refractivity contribution in [2.75, 3.05) is 38.0 Å². The van der Waals surface area contributed by atoms with Crippen LogP contribution in [0, 0.1) is 0 Å². The molecular formula is C23H21Cl2N3O2. The number of nitrogens with zero attached hydrogens (tertiary/aromatic N) is 3. The predicted molar refractivity (Wildman–Crippen MR) is 121 cm³/mol. The largest absolute Gasteiger partial charge is 0.439 e. The average Bonchev–Trinajstić information content (AvgIpc) is 3.01. The normalized spacial score (nSPS) is 14.3. The Labute approximate surface area is 185 Å². The summed E-state index contributed by atoms with van der Waals surface area (Å²) in [5.74, 6) is -0.460. The number of fused-ring (bicyclic) bond motifs is 1. The second kappa shape index (κ2) is 7.49. The first-order valence-electron chi connectivity index (χ1n) is 9.39. The van der Waals surface area contributed by atoms with Gasteiger partial charge in [0.15, 0.2) is 0 Å². The molecule has 0 aliphatic carbocycles. The van der Waals surface area contributed by atoms with Crippen molar-refractivity contribution in [1.29, 1.82) is 0 Å². The third-order valence-electron chi connectivity index (χ3n) is 5.30. The molecule has 154 valence electrons. The van der Waals surface area contributed by atoms with Crippen molar-refractivity contribution in [3.8, 4) is 0 Å². The maximum absolute atomic E-state index is 12.8. The van der Waals surface area contributed by atoms with Gasteiger partial charge in [-0.25, -0.2) is 4.79 Å². The van der Waals surface area contributed by atoms with Gasteiger partial charge in [0, 0.05) is 56.9 Å². The van der Waals surface area contributed by atoms with Gasteiger partial charge in [0.1, 0.15) is 5.69 Å². The van der Waals surface area contributed by atoms with Crippen molar-refractivity contribution in [1.82, 2.24) is 4.98 Å². The van der Waals surface area contributed by atoms with Crippen LogP contribution in [0.2, 0.25) is 10.0 Å². The zero-order valence-corrected chi connectivity index (χ0v) is 18.6. The minimum Gasteiger partial charge on any atom is -0.439 e. The first-order chi connectivity index (χ1) is 14.3. The number of rotatable bonds is 4. The number of pyridine rings is 1. The predicted octanol–water partition coefficient (Wildman–Crippen LogP) is 4.98. The van der Waals surface area contributed by atoms with Crippen molar-refractivity contribution < 1.29 is 9.53 Å². The van der Waals surface area contributed by atoms with Crippen LogP contribution in [-0.4, -0.2) is 39.1 Å². The Morgan fingerprint density at radius 2 is 1.40 bits per heavy atom. The highest BCUT2D eigenvalue weighted by Gasteiger charge is 2.52. The lowest BCUT2D eigenvalue weighted by Crippen LogP contribution is -2.31. The second-order valence-corrected chi connectivity index (χ2v) is 8.40. The molecule has 2 aromatic carbocycles. The number of hydrogen-bond acceptors (Lipinski definition) is 5. The molecule has 0 bridgehead atoms. The Balaban J connectivity index is 2.03. The summed E-state index contributed by atoms with van der Waals surface area (Å²) < 4.78 is 6.06. The summed E-state index contributed by atoms with van der Waals surface area (Å²) >= 11 is 13.5. The fraction of sp³-hybridized carbons (Fsp3) is 0.217. The molecule has 0 atom stereocenters. The lowest BCUT2D eigenvalue weighted by molar-refractivity contribution is 0.0244. The molecule has 0 radical (unpaired) electrons. The van der Waals surface area contributed by atoms with Gasteiger partial charge in [-0.2, -0.15) is 0 Å². The van der Waals surface area contributed by atoms with Crippen molar-refractivity contribution in [3.05, 3.63) is 87.2 Å². The molecule has 0 saturated heterocycles. The van der Waals surface area contributed by atoms with Crippen LogP contribution < -0.4 is 9.80 Å². The quantitative estimate of drug-likeness (QED) is 0.534. The molecule has 0 N–H and O–H groups in total. The van der Waals surface area contributed by atoms with Crippen LogP contribution >= 0.6 is 23.2 Å². The molecule has 3 aromatic rings. The van der Waals surface area contributed by atoms with E-state index in [1.165, 1.54) is 0 Å². The SMILES string of the molecule is CN(C)c1ccc(C2(c3ccc(N(C)C)cc3Cl)OC(=O)c3cccnc32)c(Cl)c1. The number of cyclic esters (lactones) is 1. The Hall–Kier alpha value is -2.76. The number of hydrogen-bond donors (Lipinski definition) is 0. The van der Waals surface area contributed by atoms with E-state index in [9.17, 15) is 4.79 Å². The van der Waals surface area contributed by atoms with Gasteiger partial charge in [-0.3, -0.25) is 4.98 Å². The summed E-state index contributed by atoms with van der Waals surface area (Å²) in [5, 5.41) is 0.917. The Kier molecular flexibility index (Phi) is 5.12. The van der Waals surface area contributed by atoms with Crippen LogP contribution in [0.4, 0.5) is 11.4 Å². The van der Waals surface area contributed by atoms with Crippen LogP contribution in [0.1, 0.15) is 27.2 Å².